The van der Waals surface area contributed by atoms with E-state index in [1.54, 1.807) is 6.07 Å². The SMILES string of the molecule is C1CCNC1.O=CNc1ccc(NC2CCC(=O)NC2=O)cc1F. The molecule has 1 aromatic carbocycles. The van der Waals surface area contributed by atoms with Crippen molar-refractivity contribution in [1.82, 2.24) is 10.6 Å². The number of nitrogens with one attached hydrogen (secondary N) is 4. The van der Waals surface area contributed by atoms with Gasteiger partial charge in [0, 0.05) is 12.1 Å². The predicted molar refractivity (Wildman–Crippen MR) is 88.0 cm³/mol. The highest BCUT2D eigenvalue weighted by Gasteiger charge is 2.26. The molecule has 3 amide bonds. The Bertz CT molecular complexity index is 597. The molecule has 0 spiro atoms. The summed E-state index contributed by atoms with van der Waals surface area (Å²) in [6.45, 7) is 2.50. The van der Waals surface area contributed by atoms with Crippen molar-refractivity contribution in [2.75, 3.05) is 23.7 Å². The fourth-order valence-electron chi connectivity index (χ4n) is 2.44. The highest BCUT2D eigenvalue weighted by molar-refractivity contribution is 6.01. The average molecular weight is 336 g/mol. The second kappa shape index (κ2) is 8.97. The van der Waals surface area contributed by atoms with E-state index in [1.165, 1.54) is 38.1 Å². The maximum absolute atomic E-state index is 13.5. The van der Waals surface area contributed by atoms with Crippen LogP contribution >= 0.6 is 0 Å². The molecule has 3 rings (SSSR count). The van der Waals surface area contributed by atoms with E-state index < -0.39 is 17.8 Å². The van der Waals surface area contributed by atoms with E-state index in [0.717, 1.165) is 0 Å². The fourth-order valence-corrected chi connectivity index (χ4v) is 2.44. The van der Waals surface area contributed by atoms with Crippen molar-refractivity contribution in [3.63, 3.8) is 0 Å². The number of hydrogen-bond acceptors (Lipinski definition) is 5. The Morgan fingerprint density at radius 2 is 1.96 bits per heavy atom. The number of halogens is 1. The summed E-state index contributed by atoms with van der Waals surface area (Å²) in [5.74, 6) is -1.34. The molecule has 2 heterocycles. The first-order chi connectivity index (χ1) is 11.6. The Labute approximate surface area is 139 Å². The number of piperidine rings is 1. The maximum Gasteiger partial charge on any atom is 0.249 e. The number of rotatable bonds is 4. The van der Waals surface area contributed by atoms with Crippen molar-refractivity contribution in [3.05, 3.63) is 24.0 Å². The van der Waals surface area contributed by atoms with Crippen LogP contribution in [0.25, 0.3) is 0 Å². The number of carbonyl (C=O) groups excluding carboxylic acids is 3. The molecular formula is C16H21FN4O3. The van der Waals surface area contributed by atoms with Crippen LogP contribution in [0.2, 0.25) is 0 Å². The second-order valence-corrected chi connectivity index (χ2v) is 5.56. The van der Waals surface area contributed by atoms with Crippen LogP contribution in [0.3, 0.4) is 0 Å². The van der Waals surface area contributed by atoms with Gasteiger partial charge >= 0.3 is 0 Å². The number of carbonyl (C=O) groups is 3. The summed E-state index contributed by atoms with van der Waals surface area (Å²) in [6, 6.07) is 3.54. The molecule has 0 radical (unpaired) electrons. The monoisotopic (exact) mass is 336 g/mol. The normalized spacial score (nSPS) is 19.8. The highest BCUT2D eigenvalue weighted by atomic mass is 19.1. The predicted octanol–water partition coefficient (Wildman–Crippen LogP) is 0.981. The van der Waals surface area contributed by atoms with Crippen molar-refractivity contribution in [1.29, 1.82) is 0 Å². The van der Waals surface area contributed by atoms with Gasteiger partial charge < -0.3 is 16.0 Å². The lowest BCUT2D eigenvalue weighted by atomic mass is 10.1. The van der Waals surface area contributed by atoms with Crippen LogP contribution in [-0.2, 0) is 14.4 Å². The van der Waals surface area contributed by atoms with Crippen LogP contribution in [0, 0.1) is 5.82 Å². The van der Waals surface area contributed by atoms with E-state index in [2.05, 4.69) is 21.3 Å². The second-order valence-electron chi connectivity index (χ2n) is 5.56. The van der Waals surface area contributed by atoms with Crippen molar-refractivity contribution >= 4 is 29.6 Å². The van der Waals surface area contributed by atoms with Gasteiger partial charge in [0.05, 0.1) is 5.69 Å². The van der Waals surface area contributed by atoms with E-state index >= 15 is 0 Å². The van der Waals surface area contributed by atoms with Crippen molar-refractivity contribution in [3.8, 4) is 0 Å². The lowest BCUT2D eigenvalue weighted by molar-refractivity contribution is -0.133. The number of hydrogen-bond donors (Lipinski definition) is 4. The summed E-state index contributed by atoms with van der Waals surface area (Å²) in [5.41, 5.74) is 0.465. The van der Waals surface area contributed by atoms with E-state index in [0.29, 0.717) is 18.5 Å². The first-order valence-corrected chi connectivity index (χ1v) is 7.91. The molecule has 2 fully saturated rings. The molecule has 1 aromatic rings. The number of amides is 3. The summed E-state index contributed by atoms with van der Waals surface area (Å²) in [5, 5.41) is 10.5. The topological polar surface area (TPSA) is 99.3 Å². The third-order valence-electron chi connectivity index (χ3n) is 3.72. The molecule has 0 saturated carbocycles. The molecule has 1 unspecified atom stereocenters. The van der Waals surface area contributed by atoms with Gasteiger partial charge in [-0.05, 0) is 50.6 Å². The van der Waals surface area contributed by atoms with Gasteiger partial charge in [0.25, 0.3) is 0 Å². The third kappa shape index (κ3) is 5.31. The zero-order valence-corrected chi connectivity index (χ0v) is 13.2. The lowest BCUT2D eigenvalue weighted by Gasteiger charge is -2.22. The number of benzene rings is 1. The molecule has 2 saturated heterocycles. The number of imide groups is 1. The molecule has 0 bridgehead atoms. The molecule has 130 valence electrons. The molecule has 1 atom stereocenters. The first-order valence-electron chi connectivity index (χ1n) is 7.91. The van der Waals surface area contributed by atoms with E-state index in [4.69, 9.17) is 0 Å². The molecule has 0 aromatic heterocycles. The van der Waals surface area contributed by atoms with Gasteiger partial charge in [-0.3, -0.25) is 19.7 Å². The van der Waals surface area contributed by atoms with Gasteiger partial charge in [0.15, 0.2) is 0 Å². The Hall–Kier alpha value is -2.48. The molecule has 2 aliphatic heterocycles. The van der Waals surface area contributed by atoms with Crippen LogP contribution in [0.5, 0.6) is 0 Å². The zero-order chi connectivity index (χ0) is 17.4. The summed E-state index contributed by atoms with van der Waals surface area (Å²) >= 11 is 0. The van der Waals surface area contributed by atoms with Crippen molar-refractivity contribution < 1.29 is 18.8 Å². The minimum Gasteiger partial charge on any atom is -0.374 e. The average Bonchev–Trinajstić information content (AvgIpc) is 3.13. The largest absolute Gasteiger partial charge is 0.374 e. The van der Waals surface area contributed by atoms with E-state index in [9.17, 15) is 18.8 Å². The van der Waals surface area contributed by atoms with Crippen molar-refractivity contribution in [2.24, 2.45) is 0 Å². The zero-order valence-electron chi connectivity index (χ0n) is 13.2. The molecular weight excluding hydrogens is 315 g/mol. The Balaban J connectivity index is 0.000000355. The van der Waals surface area contributed by atoms with Crippen molar-refractivity contribution in [2.45, 2.75) is 31.7 Å². The Kier molecular flexibility index (Phi) is 6.68. The Morgan fingerprint density at radius 1 is 1.21 bits per heavy atom. The van der Waals surface area contributed by atoms with E-state index in [-0.39, 0.29) is 18.0 Å². The summed E-state index contributed by atoms with van der Waals surface area (Å²) in [4.78, 5) is 32.7. The highest BCUT2D eigenvalue weighted by Crippen LogP contribution is 2.20. The number of anilines is 2. The van der Waals surface area contributed by atoms with Gasteiger partial charge in [-0.25, -0.2) is 4.39 Å². The summed E-state index contributed by atoms with van der Waals surface area (Å²) in [6.07, 6.45) is 3.77. The Morgan fingerprint density at radius 3 is 2.50 bits per heavy atom. The van der Waals surface area contributed by atoms with Gasteiger partial charge in [0.2, 0.25) is 18.2 Å². The summed E-state index contributed by atoms with van der Waals surface area (Å²) < 4.78 is 13.5. The van der Waals surface area contributed by atoms with Crippen LogP contribution in [0.4, 0.5) is 15.8 Å². The van der Waals surface area contributed by atoms with Gasteiger partial charge in [-0.2, -0.15) is 0 Å². The molecule has 24 heavy (non-hydrogen) atoms. The van der Waals surface area contributed by atoms with Gasteiger partial charge in [0.1, 0.15) is 11.9 Å². The summed E-state index contributed by atoms with van der Waals surface area (Å²) in [7, 11) is 0. The quantitative estimate of drug-likeness (QED) is 0.485. The first kappa shape index (κ1) is 17.9. The molecule has 0 aliphatic carbocycles. The van der Waals surface area contributed by atoms with Crippen LogP contribution in [0.1, 0.15) is 25.7 Å². The van der Waals surface area contributed by atoms with Crippen LogP contribution < -0.4 is 21.3 Å². The minimum atomic E-state index is -0.607. The molecule has 2 aliphatic rings. The lowest BCUT2D eigenvalue weighted by Crippen LogP contribution is -2.47. The smallest absolute Gasteiger partial charge is 0.249 e. The third-order valence-corrected chi connectivity index (χ3v) is 3.72. The molecule has 8 heteroatoms. The van der Waals surface area contributed by atoms with Crippen LogP contribution in [-0.4, -0.2) is 37.4 Å². The maximum atomic E-state index is 13.5. The fraction of sp³-hybridized carbons (Fsp3) is 0.438. The molecule has 7 nitrogen and oxygen atoms in total. The van der Waals surface area contributed by atoms with E-state index in [1.807, 2.05) is 0 Å². The molecule has 4 N–H and O–H groups in total. The van der Waals surface area contributed by atoms with Gasteiger partial charge in [-0.15, -0.1) is 0 Å². The van der Waals surface area contributed by atoms with Crippen LogP contribution in [0.15, 0.2) is 18.2 Å². The minimum absolute atomic E-state index is 0.0591. The standard InChI is InChI=1S/C12H12FN3O3.C4H9N/c13-8-5-7(1-2-9(8)14-6-17)15-10-3-4-11(18)16-12(10)19;1-2-4-5-3-1/h1-2,5-6,10,15H,3-4H2,(H,14,17)(H,16,18,19);5H,1-4H2. The van der Waals surface area contributed by atoms with Gasteiger partial charge in [-0.1, -0.05) is 0 Å².